The lowest BCUT2D eigenvalue weighted by molar-refractivity contribution is -0.173. The quantitative estimate of drug-likeness (QED) is 0.777. The molecule has 1 aliphatic heterocycles. The highest BCUT2D eigenvalue weighted by Gasteiger charge is 2.46. The van der Waals surface area contributed by atoms with Crippen LogP contribution in [0.25, 0.3) is 0 Å². The maximum atomic E-state index is 13.6. The highest BCUT2D eigenvalue weighted by molar-refractivity contribution is 5.93. The maximum Gasteiger partial charge on any atom is 0.410 e. The zero-order valence-corrected chi connectivity index (χ0v) is 14.8. The van der Waals surface area contributed by atoms with Crippen LogP contribution in [0.15, 0.2) is 30.3 Å². The minimum absolute atomic E-state index is 0.0770. The van der Waals surface area contributed by atoms with Gasteiger partial charge in [-0.2, -0.15) is 18.3 Å². The highest BCUT2D eigenvalue weighted by atomic mass is 19.4. The molecule has 1 aromatic carbocycles. The lowest BCUT2D eigenvalue weighted by atomic mass is 9.97. The van der Waals surface area contributed by atoms with Crippen molar-refractivity contribution in [2.24, 2.45) is 0 Å². The van der Waals surface area contributed by atoms with Gasteiger partial charge in [-0.25, -0.2) is 9.07 Å². The molecule has 1 amide bonds. The predicted octanol–water partition coefficient (Wildman–Crippen LogP) is 4.21. The number of aromatic nitrogens is 2. The second kappa shape index (κ2) is 7.21. The molecule has 2 heterocycles. The largest absolute Gasteiger partial charge is 0.410 e. The van der Waals surface area contributed by atoms with E-state index in [1.807, 2.05) is 6.92 Å². The molecule has 0 unspecified atom stereocenters. The van der Waals surface area contributed by atoms with Crippen LogP contribution in [0.1, 0.15) is 54.8 Å². The van der Waals surface area contributed by atoms with Gasteiger partial charge in [-0.05, 0) is 31.0 Å². The molecule has 3 atom stereocenters. The zero-order chi connectivity index (χ0) is 19.8. The summed E-state index contributed by atoms with van der Waals surface area (Å²) in [5.74, 6) is -0.879. The van der Waals surface area contributed by atoms with Crippen LogP contribution in [0.4, 0.5) is 23.4 Å². The Hall–Kier alpha value is -2.58. The Morgan fingerprint density at radius 3 is 2.63 bits per heavy atom. The van der Waals surface area contributed by atoms with Crippen molar-refractivity contribution in [1.82, 2.24) is 15.1 Å². The van der Waals surface area contributed by atoms with Crippen LogP contribution < -0.4 is 10.6 Å². The van der Waals surface area contributed by atoms with Crippen molar-refractivity contribution in [1.29, 1.82) is 0 Å². The smallest absolute Gasteiger partial charge is 0.363 e. The van der Waals surface area contributed by atoms with Gasteiger partial charge in [-0.1, -0.05) is 19.1 Å². The van der Waals surface area contributed by atoms with Crippen LogP contribution in [0, 0.1) is 5.82 Å². The Kier molecular flexibility index (Phi) is 5.12. The van der Waals surface area contributed by atoms with Gasteiger partial charge >= 0.3 is 6.18 Å². The first-order valence-electron chi connectivity index (χ1n) is 8.68. The topological polar surface area (TPSA) is 59.0 Å². The number of benzene rings is 1. The number of carbonyl (C=O) groups excluding carboxylic acids is 1. The number of hydrogen-bond donors (Lipinski definition) is 2. The van der Waals surface area contributed by atoms with Crippen molar-refractivity contribution in [2.45, 2.75) is 51.0 Å². The van der Waals surface area contributed by atoms with Crippen LogP contribution in [-0.4, -0.2) is 27.9 Å². The predicted molar refractivity (Wildman–Crippen MR) is 91.9 cm³/mol. The molecule has 0 aliphatic carbocycles. The van der Waals surface area contributed by atoms with E-state index in [1.165, 1.54) is 30.3 Å². The van der Waals surface area contributed by atoms with Crippen molar-refractivity contribution in [3.63, 3.8) is 0 Å². The first-order valence-corrected chi connectivity index (χ1v) is 8.68. The monoisotopic (exact) mass is 384 g/mol. The molecule has 0 bridgehead atoms. The summed E-state index contributed by atoms with van der Waals surface area (Å²) < 4.78 is 54.7. The van der Waals surface area contributed by atoms with Gasteiger partial charge in [0.25, 0.3) is 5.91 Å². The number of nitrogens with zero attached hydrogens (tertiary/aromatic N) is 2. The second-order valence-electron chi connectivity index (χ2n) is 6.68. The molecular formula is C18H20F4N4O. The molecule has 0 spiro atoms. The number of amides is 1. The van der Waals surface area contributed by atoms with E-state index < -0.39 is 30.0 Å². The minimum atomic E-state index is -4.54. The van der Waals surface area contributed by atoms with E-state index in [-0.39, 0.29) is 24.0 Å². The third-order valence-electron chi connectivity index (χ3n) is 4.68. The van der Waals surface area contributed by atoms with Gasteiger partial charge in [0.05, 0.1) is 6.04 Å². The van der Waals surface area contributed by atoms with Crippen molar-refractivity contribution in [3.05, 3.63) is 47.4 Å². The van der Waals surface area contributed by atoms with E-state index in [9.17, 15) is 22.4 Å². The summed E-state index contributed by atoms with van der Waals surface area (Å²) in [4.78, 5) is 12.2. The molecule has 0 saturated heterocycles. The summed E-state index contributed by atoms with van der Waals surface area (Å²) in [6, 6.07) is 3.95. The Bertz CT molecular complexity index is 816. The summed E-state index contributed by atoms with van der Waals surface area (Å²) in [5, 5.41) is 9.56. The molecule has 2 N–H and O–H groups in total. The van der Waals surface area contributed by atoms with Crippen molar-refractivity contribution >= 4 is 11.7 Å². The maximum absolute atomic E-state index is 13.6. The number of nitrogens with one attached hydrogen (secondary N) is 2. The average Bonchev–Trinajstić information content (AvgIpc) is 3.04. The van der Waals surface area contributed by atoms with E-state index in [2.05, 4.69) is 15.7 Å². The van der Waals surface area contributed by atoms with Crippen molar-refractivity contribution in [2.75, 3.05) is 5.32 Å². The van der Waals surface area contributed by atoms with Crippen LogP contribution in [-0.2, 0) is 0 Å². The van der Waals surface area contributed by atoms with Crippen molar-refractivity contribution in [3.8, 4) is 0 Å². The van der Waals surface area contributed by atoms with Crippen LogP contribution in [0.5, 0.6) is 0 Å². The highest BCUT2D eigenvalue weighted by Crippen LogP contribution is 2.43. The van der Waals surface area contributed by atoms with Crippen molar-refractivity contribution < 1.29 is 22.4 Å². The number of alkyl halides is 3. The molecule has 3 rings (SSSR count). The molecule has 9 heteroatoms. The summed E-state index contributed by atoms with van der Waals surface area (Å²) in [6.07, 6.45) is -4.16. The second-order valence-corrected chi connectivity index (χ2v) is 6.68. The lowest BCUT2D eigenvalue weighted by Crippen LogP contribution is -2.36. The summed E-state index contributed by atoms with van der Waals surface area (Å²) >= 11 is 0. The van der Waals surface area contributed by atoms with Gasteiger partial charge in [0.15, 0.2) is 11.7 Å². The Morgan fingerprint density at radius 2 is 2.04 bits per heavy atom. The summed E-state index contributed by atoms with van der Waals surface area (Å²) in [7, 11) is 0. The Labute approximate surface area is 153 Å². The number of fused-ring (bicyclic) bond motifs is 1. The lowest BCUT2D eigenvalue weighted by Gasteiger charge is -2.33. The third-order valence-corrected chi connectivity index (χ3v) is 4.68. The standard InChI is InChI=1S/C18H20F4N4O/c1-3-10(2)23-17(27)14-9-16-24-13(11-4-6-12(19)7-5-11)8-15(18(20,21)22)26(16)25-14/h4-7,9-10,13,15,24H,3,8H2,1-2H3,(H,23,27)/t10-,13-,15-/m1/s1. The number of carbonyl (C=O) groups is 1. The first kappa shape index (κ1) is 19.2. The van der Waals surface area contributed by atoms with E-state index >= 15 is 0 Å². The van der Waals surface area contributed by atoms with Gasteiger partial charge in [0.2, 0.25) is 0 Å². The van der Waals surface area contributed by atoms with E-state index in [0.717, 1.165) is 4.68 Å². The van der Waals surface area contributed by atoms with Crippen LogP contribution in [0.2, 0.25) is 0 Å². The number of halogens is 4. The SMILES string of the molecule is CC[C@@H](C)NC(=O)c1cc2n(n1)[C@@H](C(F)(F)F)C[C@H](c1ccc(F)cc1)N2. The van der Waals surface area contributed by atoms with E-state index in [1.54, 1.807) is 6.92 Å². The molecule has 0 radical (unpaired) electrons. The van der Waals surface area contributed by atoms with E-state index in [4.69, 9.17) is 0 Å². The van der Waals surface area contributed by atoms with Gasteiger partial charge in [-0.3, -0.25) is 4.79 Å². The number of anilines is 1. The van der Waals surface area contributed by atoms with Gasteiger partial charge in [0.1, 0.15) is 11.6 Å². The average molecular weight is 384 g/mol. The number of hydrogen-bond acceptors (Lipinski definition) is 3. The Balaban J connectivity index is 1.93. The Morgan fingerprint density at radius 1 is 1.37 bits per heavy atom. The van der Waals surface area contributed by atoms with Crippen LogP contribution in [0.3, 0.4) is 0 Å². The van der Waals surface area contributed by atoms with Gasteiger partial charge in [-0.15, -0.1) is 0 Å². The molecule has 0 fully saturated rings. The number of rotatable bonds is 4. The molecule has 1 aromatic heterocycles. The molecule has 27 heavy (non-hydrogen) atoms. The third kappa shape index (κ3) is 4.06. The molecular weight excluding hydrogens is 364 g/mol. The molecule has 0 saturated carbocycles. The summed E-state index contributed by atoms with van der Waals surface area (Å²) in [6.45, 7) is 3.69. The molecule has 1 aliphatic rings. The fourth-order valence-electron chi connectivity index (χ4n) is 3.00. The molecule has 2 aromatic rings. The normalized spacial score (nSPS) is 20.5. The van der Waals surface area contributed by atoms with E-state index in [0.29, 0.717) is 12.0 Å². The molecule has 5 nitrogen and oxygen atoms in total. The van der Waals surface area contributed by atoms with Gasteiger partial charge in [0, 0.05) is 18.5 Å². The van der Waals surface area contributed by atoms with Crippen LogP contribution >= 0.6 is 0 Å². The fraction of sp³-hybridized carbons (Fsp3) is 0.444. The minimum Gasteiger partial charge on any atom is -0.363 e. The van der Waals surface area contributed by atoms with Gasteiger partial charge < -0.3 is 10.6 Å². The summed E-state index contributed by atoms with van der Waals surface area (Å²) in [5.41, 5.74) is 0.454. The first-order chi connectivity index (χ1) is 12.7. The fourth-order valence-corrected chi connectivity index (χ4v) is 3.00. The molecule has 146 valence electrons. The zero-order valence-electron chi connectivity index (χ0n) is 14.8.